The fourth-order valence-electron chi connectivity index (χ4n) is 2.21. The normalized spacial score (nSPS) is 12.3. The number of carbonyl (C=O) groups is 1. The average molecular weight is 384 g/mol. The molecular formula is C17H22ClN3O3S. The van der Waals surface area contributed by atoms with Gasteiger partial charge in [-0.05, 0) is 31.5 Å². The Morgan fingerprint density at radius 3 is 2.92 bits per heavy atom. The van der Waals surface area contributed by atoms with Gasteiger partial charge < -0.3 is 10.1 Å². The lowest BCUT2D eigenvalue weighted by Crippen LogP contribution is -2.33. The van der Waals surface area contributed by atoms with Crippen LogP contribution in [0.15, 0.2) is 28.2 Å². The van der Waals surface area contributed by atoms with Crippen molar-refractivity contribution in [3.05, 3.63) is 33.6 Å². The molecule has 1 aromatic carbocycles. The Kier molecular flexibility index (Phi) is 7.28. The van der Waals surface area contributed by atoms with E-state index in [0.29, 0.717) is 34.2 Å². The first-order valence-corrected chi connectivity index (χ1v) is 9.43. The van der Waals surface area contributed by atoms with E-state index < -0.39 is 0 Å². The molecule has 2 rings (SSSR count). The van der Waals surface area contributed by atoms with Gasteiger partial charge in [0.15, 0.2) is 5.16 Å². The van der Waals surface area contributed by atoms with E-state index >= 15 is 0 Å². The van der Waals surface area contributed by atoms with Crippen molar-refractivity contribution in [3.63, 3.8) is 0 Å². The molecule has 136 valence electrons. The number of nitrogens with one attached hydrogen (secondary N) is 1. The highest BCUT2D eigenvalue weighted by molar-refractivity contribution is 7.99. The second-order valence-electron chi connectivity index (χ2n) is 5.67. The van der Waals surface area contributed by atoms with Crippen molar-refractivity contribution in [3.8, 4) is 0 Å². The van der Waals surface area contributed by atoms with Crippen LogP contribution in [-0.4, -0.2) is 41.0 Å². The Morgan fingerprint density at radius 1 is 1.48 bits per heavy atom. The summed E-state index contributed by atoms with van der Waals surface area (Å²) < 4.78 is 6.63. The summed E-state index contributed by atoms with van der Waals surface area (Å²) in [4.78, 5) is 29.3. The average Bonchev–Trinajstić information content (AvgIpc) is 2.58. The molecule has 2 aromatic rings. The van der Waals surface area contributed by atoms with Crippen LogP contribution in [-0.2, 0) is 16.1 Å². The van der Waals surface area contributed by atoms with Gasteiger partial charge in [-0.15, -0.1) is 0 Å². The number of carbonyl (C=O) groups excluding carboxylic acids is 1. The molecule has 0 bridgehead atoms. The van der Waals surface area contributed by atoms with Crippen molar-refractivity contribution in [2.24, 2.45) is 0 Å². The van der Waals surface area contributed by atoms with E-state index in [0.717, 1.165) is 6.42 Å². The summed E-state index contributed by atoms with van der Waals surface area (Å²) in [5.74, 6) is 0.105. The monoisotopic (exact) mass is 383 g/mol. The van der Waals surface area contributed by atoms with E-state index in [1.807, 2.05) is 13.8 Å². The predicted molar refractivity (Wildman–Crippen MR) is 102 cm³/mol. The van der Waals surface area contributed by atoms with Gasteiger partial charge in [-0.1, -0.05) is 30.3 Å². The van der Waals surface area contributed by atoms with Gasteiger partial charge in [0.25, 0.3) is 5.56 Å². The summed E-state index contributed by atoms with van der Waals surface area (Å²) in [5, 5.41) is 4.39. The summed E-state index contributed by atoms with van der Waals surface area (Å²) in [7, 11) is 1.58. The van der Waals surface area contributed by atoms with Crippen molar-refractivity contribution in [2.45, 2.75) is 38.0 Å². The van der Waals surface area contributed by atoms with Crippen molar-refractivity contribution < 1.29 is 9.53 Å². The van der Waals surface area contributed by atoms with E-state index in [1.54, 1.807) is 29.9 Å². The molecule has 0 aliphatic heterocycles. The van der Waals surface area contributed by atoms with Crippen LogP contribution < -0.4 is 10.9 Å². The molecule has 6 nitrogen and oxygen atoms in total. The fourth-order valence-corrected chi connectivity index (χ4v) is 3.22. The summed E-state index contributed by atoms with van der Waals surface area (Å²) in [6.07, 6.45) is 0.863. The minimum atomic E-state index is -0.163. The van der Waals surface area contributed by atoms with Crippen LogP contribution in [0.2, 0.25) is 5.02 Å². The number of methoxy groups -OCH3 is 1. The summed E-state index contributed by atoms with van der Waals surface area (Å²) in [6.45, 7) is 4.71. The molecule has 0 aliphatic rings. The highest BCUT2D eigenvalue weighted by Crippen LogP contribution is 2.20. The molecule has 0 aliphatic carbocycles. The van der Waals surface area contributed by atoms with E-state index in [4.69, 9.17) is 16.3 Å². The lowest BCUT2D eigenvalue weighted by molar-refractivity contribution is -0.119. The Bertz CT molecular complexity index is 810. The quantitative estimate of drug-likeness (QED) is 0.560. The molecule has 8 heteroatoms. The second kappa shape index (κ2) is 9.22. The zero-order valence-electron chi connectivity index (χ0n) is 14.5. The van der Waals surface area contributed by atoms with Gasteiger partial charge in [0.1, 0.15) is 0 Å². The number of nitrogens with zero attached hydrogens (tertiary/aromatic N) is 2. The Labute approximate surface area is 155 Å². The van der Waals surface area contributed by atoms with E-state index in [2.05, 4.69) is 10.3 Å². The number of hydrogen-bond donors (Lipinski definition) is 1. The molecule has 1 atom stereocenters. The first kappa shape index (κ1) is 19.8. The number of fused-ring (bicyclic) bond motifs is 1. The molecule has 0 fully saturated rings. The molecule has 0 saturated carbocycles. The van der Waals surface area contributed by atoms with Crippen LogP contribution >= 0.6 is 23.4 Å². The molecule has 1 heterocycles. The second-order valence-corrected chi connectivity index (χ2v) is 7.05. The van der Waals surface area contributed by atoms with Crippen LogP contribution in [0.4, 0.5) is 0 Å². The van der Waals surface area contributed by atoms with Crippen LogP contribution in [0.1, 0.15) is 20.3 Å². The Hall–Kier alpha value is -1.57. The molecule has 1 N–H and O–H groups in total. The summed E-state index contributed by atoms with van der Waals surface area (Å²) in [5.41, 5.74) is 0.361. The van der Waals surface area contributed by atoms with Crippen LogP contribution in [0.5, 0.6) is 0 Å². The van der Waals surface area contributed by atoms with Gasteiger partial charge >= 0.3 is 0 Å². The molecule has 1 unspecified atom stereocenters. The van der Waals surface area contributed by atoms with E-state index in [1.165, 1.54) is 11.8 Å². The molecule has 0 saturated heterocycles. The van der Waals surface area contributed by atoms with Gasteiger partial charge in [0.05, 0.1) is 29.8 Å². The van der Waals surface area contributed by atoms with Gasteiger partial charge in [-0.2, -0.15) is 0 Å². The lowest BCUT2D eigenvalue weighted by atomic mass is 10.2. The van der Waals surface area contributed by atoms with E-state index in [9.17, 15) is 9.59 Å². The molecule has 25 heavy (non-hydrogen) atoms. The maximum atomic E-state index is 12.7. The SMILES string of the molecule is CCC(C)NC(=O)CSc1nc2cc(Cl)ccc2c(=O)n1CCOC. The first-order chi connectivity index (χ1) is 12.0. The van der Waals surface area contributed by atoms with Crippen LogP contribution in [0.25, 0.3) is 10.9 Å². The van der Waals surface area contributed by atoms with Crippen molar-refractivity contribution in [1.82, 2.24) is 14.9 Å². The minimum Gasteiger partial charge on any atom is -0.383 e. The third-order valence-electron chi connectivity index (χ3n) is 3.75. The molecule has 1 aromatic heterocycles. The predicted octanol–water partition coefficient (Wildman–Crippen LogP) is 2.70. The van der Waals surface area contributed by atoms with Crippen molar-refractivity contribution >= 4 is 40.2 Å². The number of rotatable bonds is 8. The van der Waals surface area contributed by atoms with Gasteiger partial charge in [-0.3, -0.25) is 14.2 Å². The maximum Gasteiger partial charge on any atom is 0.262 e. The minimum absolute atomic E-state index is 0.0851. The fraction of sp³-hybridized carbons (Fsp3) is 0.471. The van der Waals surface area contributed by atoms with Crippen molar-refractivity contribution in [1.29, 1.82) is 0 Å². The number of halogens is 1. The molecule has 0 spiro atoms. The third-order valence-corrected chi connectivity index (χ3v) is 4.96. The molecule has 1 amide bonds. The molecular weight excluding hydrogens is 362 g/mol. The number of hydrogen-bond acceptors (Lipinski definition) is 5. The number of benzene rings is 1. The Balaban J connectivity index is 2.32. The molecule has 0 radical (unpaired) electrons. The standard InChI is InChI=1S/C17H22ClN3O3S/c1-4-11(2)19-15(22)10-25-17-20-14-9-12(18)5-6-13(14)16(23)21(17)7-8-24-3/h5-6,9,11H,4,7-8,10H2,1-3H3,(H,19,22). The van der Waals surface area contributed by atoms with Gasteiger partial charge in [-0.25, -0.2) is 4.98 Å². The van der Waals surface area contributed by atoms with Crippen molar-refractivity contribution in [2.75, 3.05) is 19.5 Å². The maximum absolute atomic E-state index is 12.7. The zero-order chi connectivity index (χ0) is 18.4. The first-order valence-electron chi connectivity index (χ1n) is 8.07. The topological polar surface area (TPSA) is 73.2 Å². The van der Waals surface area contributed by atoms with Gasteiger partial charge in [0.2, 0.25) is 5.91 Å². The van der Waals surface area contributed by atoms with Crippen LogP contribution in [0, 0.1) is 0 Å². The van der Waals surface area contributed by atoms with E-state index in [-0.39, 0.29) is 23.3 Å². The summed E-state index contributed by atoms with van der Waals surface area (Å²) in [6, 6.07) is 5.11. The number of ether oxygens (including phenoxy) is 1. The third kappa shape index (κ3) is 5.20. The number of amides is 1. The smallest absolute Gasteiger partial charge is 0.262 e. The zero-order valence-corrected chi connectivity index (χ0v) is 16.1. The highest BCUT2D eigenvalue weighted by atomic mass is 35.5. The number of thioether (sulfide) groups is 1. The lowest BCUT2D eigenvalue weighted by Gasteiger charge is -2.14. The summed E-state index contributed by atoms with van der Waals surface area (Å²) >= 11 is 7.24. The highest BCUT2D eigenvalue weighted by Gasteiger charge is 2.14. The number of aromatic nitrogens is 2. The Morgan fingerprint density at radius 2 is 2.24 bits per heavy atom. The largest absolute Gasteiger partial charge is 0.383 e. The van der Waals surface area contributed by atoms with Gasteiger partial charge in [0, 0.05) is 18.2 Å². The van der Waals surface area contributed by atoms with Crippen LogP contribution in [0.3, 0.4) is 0 Å².